The summed E-state index contributed by atoms with van der Waals surface area (Å²) < 4.78 is 7.35. The Bertz CT molecular complexity index is 3390. The molecule has 3 heteroatoms. The minimum absolute atomic E-state index is 0.813. The summed E-state index contributed by atoms with van der Waals surface area (Å²) in [6.07, 6.45) is 0. The van der Waals surface area contributed by atoms with Gasteiger partial charge < -0.3 is 14.5 Å². The van der Waals surface area contributed by atoms with Crippen molar-refractivity contribution in [3.63, 3.8) is 0 Å². The van der Waals surface area contributed by atoms with Crippen LogP contribution in [0.1, 0.15) is 0 Å². The molecule has 65 heavy (non-hydrogen) atoms. The van der Waals surface area contributed by atoms with Crippen molar-refractivity contribution in [2.75, 3.05) is 9.80 Å². The Hall–Kier alpha value is -8.66. The standard InChI is InChI=1S/C62H42N2O/c1-4-15-43(16-5-1)46-29-35-51(36-30-46)63(52-37-31-47(32-38-52)44-17-6-2-7-18-44)59-28-14-26-57-56-25-12-23-50-41-54(42-60(61(50)56)65-62(57)59)64(58-27-13-22-49-21-10-11-24-55(49)58)53-39-33-48(34-40-53)45-19-8-3-9-20-45/h1-42H. The normalized spacial score (nSPS) is 11.5. The van der Waals surface area contributed by atoms with Crippen molar-refractivity contribution < 1.29 is 4.74 Å². The van der Waals surface area contributed by atoms with E-state index in [-0.39, 0.29) is 0 Å². The fourth-order valence-electron chi connectivity index (χ4n) is 9.50. The monoisotopic (exact) mass is 830 g/mol. The Balaban J connectivity index is 1.01. The van der Waals surface area contributed by atoms with E-state index in [2.05, 4.69) is 265 Å². The number of para-hydroxylation sites is 1. The first-order valence-corrected chi connectivity index (χ1v) is 22.2. The molecule has 0 saturated carbocycles. The summed E-state index contributed by atoms with van der Waals surface area (Å²) in [5, 5.41) is 4.57. The van der Waals surface area contributed by atoms with Crippen LogP contribution in [0.4, 0.5) is 34.1 Å². The Morgan fingerprint density at radius 2 is 0.692 bits per heavy atom. The average molecular weight is 831 g/mol. The fraction of sp³-hybridized carbons (Fsp3) is 0. The van der Waals surface area contributed by atoms with E-state index in [9.17, 15) is 0 Å². The highest BCUT2D eigenvalue weighted by Crippen LogP contribution is 2.54. The van der Waals surface area contributed by atoms with E-state index in [0.717, 1.165) is 67.5 Å². The summed E-state index contributed by atoms with van der Waals surface area (Å²) in [7, 11) is 0. The van der Waals surface area contributed by atoms with Crippen molar-refractivity contribution in [3.05, 3.63) is 255 Å². The van der Waals surface area contributed by atoms with Crippen LogP contribution in [0, 0.1) is 0 Å². The second-order valence-electron chi connectivity index (χ2n) is 16.5. The lowest BCUT2D eigenvalue weighted by Gasteiger charge is -2.32. The van der Waals surface area contributed by atoms with Gasteiger partial charge in [0.15, 0.2) is 5.75 Å². The quantitative estimate of drug-likeness (QED) is 0.144. The molecule has 0 atom stereocenters. The summed E-state index contributed by atoms with van der Waals surface area (Å²) in [6.45, 7) is 0. The maximum Gasteiger partial charge on any atom is 0.159 e. The van der Waals surface area contributed by atoms with Crippen molar-refractivity contribution in [1.29, 1.82) is 0 Å². The molecular formula is C62H42N2O. The van der Waals surface area contributed by atoms with Crippen molar-refractivity contribution in [3.8, 4) is 56.0 Å². The zero-order valence-electron chi connectivity index (χ0n) is 35.6. The number of fused-ring (bicyclic) bond motifs is 3. The van der Waals surface area contributed by atoms with Gasteiger partial charge in [0.1, 0.15) is 5.75 Å². The van der Waals surface area contributed by atoms with Gasteiger partial charge in [-0.1, -0.05) is 194 Å². The van der Waals surface area contributed by atoms with Gasteiger partial charge in [0, 0.05) is 39.5 Å². The number of rotatable bonds is 9. The van der Waals surface area contributed by atoms with Gasteiger partial charge in [-0.15, -0.1) is 0 Å². The molecule has 1 heterocycles. The van der Waals surface area contributed by atoms with Gasteiger partial charge in [0.2, 0.25) is 0 Å². The Morgan fingerprint density at radius 3 is 1.26 bits per heavy atom. The molecule has 3 nitrogen and oxygen atoms in total. The van der Waals surface area contributed by atoms with Crippen LogP contribution in [0.2, 0.25) is 0 Å². The lowest BCUT2D eigenvalue weighted by molar-refractivity contribution is 0.488. The van der Waals surface area contributed by atoms with Crippen LogP contribution in [-0.4, -0.2) is 0 Å². The third-order valence-corrected chi connectivity index (χ3v) is 12.6. The molecular weight excluding hydrogens is 789 g/mol. The highest BCUT2D eigenvalue weighted by molar-refractivity contribution is 6.08. The number of nitrogens with zero attached hydrogens (tertiary/aromatic N) is 2. The predicted molar refractivity (Wildman–Crippen MR) is 273 cm³/mol. The Morgan fingerprint density at radius 1 is 0.277 bits per heavy atom. The van der Waals surface area contributed by atoms with Crippen LogP contribution in [0.15, 0.2) is 255 Å². The van der Waals surface area contributed by atoms with Crippen LogP contribution >= 0.6 is 0 Å². The van der Waals surface area contributed by atoms with Crippen molar-refractivity contribution in [2.45, 2.75) is 0 Å². The molecule has 0 bridgehead atoms. The first kappa shape index (κ1) is 38.0. The number of hydrogen-bond acceptors (Lipinski definition) is 3. The lowest BCUT2D eigenvalue weighted by Crippen LogP contribution is -2.13. The minimum atomic E-state index is 0.813. The molecule has 0 aromatic heterocycles. The molecule has 306 valence electrons. The van der Waals surface area contributed by atoms with Crippen LogP contribution in [0.5, 0.6) is 11.5 Å². The maximum atomic E-state index is 7.35. The van der Waals surface area contributed by atoms with Crippen LogP contribution in [0.3, 0.4) is 0 Å². The Labute approximate surface area is 379 Å². The largest absolute Gasteiger partial charge is 0.454 e. The fourth-order valence-corrected chi connectivity index (χ4v) is 9.50. The summed E-state index contributed by atoms with van der Waals surface area (Å²) in [4.78, 5) is 4.70. The highest BCUT2D eigenvalue weighted by Gasteiger charge is 2.28. The van der Waals surface area contributed by atoms with Crippen LogP contribution < -0.4 is 14.5 Å². The molecule has 0 saturated heterocycles. The summed E-state index contributed by atoms with van der Waals surface area (Å²) in [5.74, 6) is 1.63. The van der Waals surface area contributed by atoms with E-state index in [1.807, 2.05) is 0 Å². The first-order chi connectivity index (χ1) is 32.2. The molecule has 0 fully saturated rings. The molecule has 0 spiro atoms. The maximum absolute atomic E-state index is 7.35. The van der Waals surface area contributed by atoms with Crippen LogP contribution in [0.25, 0.3) is 66.1 Å². The van der Waals surface area contributed by atoms with E-state index in [0.29, 0.717) is 0 Å². The van der Waals surface area contributed by atoms with Gasteiger partial charge >= 0.3 is 0 Å². The average Bonchev–Trinajstić information content (AvgIpc) is 3.38. The van der Waals surface area contributed by atoms with Crippen LogP contribution in [-0.2, 0) is 0 Å². The molecule has 0 unspecified atom stereocenters. The third kappa shape index (κ3) is 6.97. The Kier molecular flexibility index (Phi) is 9.50. The van der Waals surface area contributed by atoms with Crippen molar-refractivity contribution in [2.24, 2.45) is 0 Å². The zero-order valence-corrected chi connectivity index (χ0v) is 35.6. The predicted octanol–water partition coefficient (Wildman–Crippen LogP) is 17.7. The second kappa shape index (κ2) is 16.2. The van der Waals surface area contributed by atoms with E-state index < -0.39 is 0 Å². The van der Waals surface area contributed by atoms with Gasteiger partial charge in [-0.25, -0.2) is 0 Å². The summed E-state index contributed by atoms with van der Waals surface area (Å²) in [6, 6.07) is 91.1. The first-order valence-electron chi connectivity index (χ1n) is 22.2. The van der Waals surface area contributed by atoms with E-state index in [4.69, 9.17) is 4.74 Å². The molecule has 0 radical (unpaired) electrons. The topological polar surface area (TPSA) is 15.7 Å². The molecule has 11 aromatic rings. The number of anilines is 6. The minimum Gasteiger partial charge on any atom is -0.454 e. The van der Waals surface area contributed by atoms with E-state index in [1.165, 1.54) is 44.2 Å². The van der Waals surface area contributed by atoms with E-state index in [1.54, 1.807) is 0 Å². The lowest BCUT2D eigenvalue weighted by atomic mass is 9.93. The highest BCUT2D eigenvalue weighted by atomic mass is 16.5. The molecule has 12 rings (SSSR count). The second-order valence-corrected chi connectivity index (χ2v) is 16.5. The van der Waals surface area contributed by atoms with Gasteiger partial charge in [-0.2, -0.15) is 0 Å². The van der Waals surface area contributed by atoms with Gasteiger partial charge in [0.25, 0.3) is 0 Å². The molecule has 0 aliphatic carbocycles. The number of ether oxygens (including phenoxy) is 1. The van der Waals surface area contributed by atoms with Gasteiger partial charge in [0.05, 0.1) is 17.1 Å². The molecule has 0 N–H and O–H groups in total. The molecule has 1 aliphatic rings. The van der Waals surface area contributed by atoms with E-state index >= 15 is 0 Å². The molecule has 1 aliphatic heterocycles. The van der Waals surface area contributed by atoms with Gasteiger partial charge in [-0.3, -0.25) is 0 Å². The third-order valence-electron chi connectivity index (χ3n) is 12.6. The van der Waals surface area contributed by atoms with Gasteiger partial charge in [-0.05, 0) is 104 Å². The van der Waals surface area contributed by atoms with Crippen molar-refractivity contribution in [1.82, 2.24) is 0 Å². The number of hydrogen-bond donors (Lipinski definition) is 0. The summed E-state index contributed by atoms with van der Waals surface area (Å²) >= 11 is 0. The smallest absolute Gasteiger partial charge is 0.159 e. The van der Waals surface area contributed by atoms with Crippen molar-refractivity contribution >= 4 is 55.7 Å². The zero-order chi connectivity index (χ0) is 43.1. The SMILES string of the molecule is c1ccc(-c2ccc(N(c3ccc(-c4ccccc4)cc3)c3cccc4c3Oc3cc(N(c5ccc(-c6ccccc6)cc5)c5cccc6ccccc56)cc5cccc-4c35)cc2)cc1. The molecule has 0 amide bonds. The molecule has 11 aromatic carbocycles. The summed E-state index contributed by atoms with van der Waals surface area (Å²) in [5.41, 5.74) is 15.5. The number of benzene rings is 11.